The van der Waals surface area contributed by atoms with Crippen molar-refractivity contribution in [2.75, 3.05) is 0 Å². The highest BCUT2D eigenvalue weighted by Gasteiger charge is 2.09. The van der Waals surface area contributed by atoms with Crippen LogP contribution in [0.1, 0.15) is 35.7 Å². The number of benzene rings is 1. The minimum Gasteiger partial charge on any atom is -0.478 e. The molecule has 4 heteroatoms. The van der Waals surface area contributed by atoms with Crippen molar-refractivity contribution in [2.45, 2.75) is 33.2 Å². The number of carboxylic acid groups (broad SMARTS) is 1. The monoisotopic (exact) mass is 258 g/mol. The molecule has 2 rings (SSSR count). The summed E-state index contributed by atoms with van der Waals surface area (Å²) in [6, 6.07) is 5.37. The molecular weight excluding hydrogens is 240 g/mol. The molecule has 0 saturated heterocycles. The molecule has 0 bridgehead atoms. The molecule has 0 aliphatic carbocycles. The Morgan fingerprint density at radius 3 is 2.79 bits per heavy atom. The van der Waals surface area contributed by atoms with Crippen molar-refractivity contribution in [2.24, 2.45) is 0 Å². The van der Waals surface area contributed by atoms with Crippen LogP contribution in [-0.2, 0) is 6.54 Å². The van der Waals surface area contributed by atoms with E-state index >= 15 is 0 Å². The number of nitrogens with zero attached hydrogens (tertiary/aromatic N) is 2. The van der Waals surface area contributed by atoms with Crippen molar-refractivity contribution in [3.8, 4) is 11.1 Å². The zero-order chi connectivity index (χ0) is 13.8. The van der Waals surface area contributed by atoms with Gasteiger partial charge < -0.3 is 5.11 Å². The third-order valence-corrected chi connectivity index (χ3v) is 3.16. The molecular formula is C15H18N2O2. The van der Waals surface area contributed by atoms with E-state index in [4.69, 9.17) is 5.11 Å². The van der Waals surface area contributed by atoms with Gasteiger partial charge in [-0.05, 0) is 30.5 Å². The van der Waals surface area contributed by atoms with Crippen LogP contribution in [0.5, 0.6) is 0 Å². The van der Waals surface area contributed by atoms with E-state index in [1.807, 2.05) is 36.1 Å². The third-order valence-electron chi connectivity index (χ3n) is 3.16. The standard InChI is InChI=1S/C15H18N2O2/c1-3-4-7-17-10-13(9-16-17)12-5-6-14(15(18)19)11(2)8-12/h5-6,8-10H,3-4,7H2,1-2H3,(H,18,19). The molecule has 0 radical (unpaired) electrons. The van der Waals surface area contributed by atoms with E-state index in [0.29, 0.717) is 5.56 Å². The summed E-state index contributed by atoms with van der Waals surface area (Å²) in [5, 5.41) is 13.3. The number of rotatable bonds is 5. The number of carboxylic acids is 1. The van der Waals surface area contributed by atoms with E-state index in [-0.39, 0.29) is 0 Å². The molecule has 0 aliphatic heterocycles. The lowest BCUT2D eigenvalue weighted by molar-refractivity contribution is 0.0696. The molecule has 4 nitrogen and oxygen atoms in total. The molecule has 1 aromatic heterocycles. The van der Waals surface area contributed by atoms with Crippen molar-refractivity contribution in [1.82, 2.24) is 9.78 Å². The Bertz CT molecular complexity index is 588. The maximum Gasteiger partial charge on any atom is 0.335 e. The van der Waals surface area contributed by atoms with E-state index in [1.54, 1.807) is 6.07 Å². The molecule has 0 spiro atoms. The third kappa shape index (κ3) is 3.02. The summed E-state index contributed by atoms with van der Waals surface area (Å²) < 4.78 is 1.93. The van der Waals surface area contributed by atoms with Gasteiger partial charge in [0.2, 0.25) is 0 Å². The minimum atomic E-state index is -0.886. The molecule has 19 heavy (non-hydrogen) atoms. The fraction of sp³-hybridized carbons (Fsp3) is 0.333. The van der Waals surface area contributed by atoms with Crippen LogP contribution in [-0.4, -0.2) is 20.9 Å². The summed E-state index contributed by atoms with van der Waals surface area (Å²) in [6.07, 6.45) is 6.08. The molecule has 0 saturated carbocycles. The number of carbonyl (C=O) groups is 1. The highest BCUT2D eigenvalue weighted by atomic mass is 16.4. The summed E-state index contributed by atoms with van der Waals surface area (Å²) in [7, 11) is 0. The van der Waals surface area contributed by atoms with Gasteiger partial charge in [-0.2, -0.15) is 5.10 Å². The van der Waals surface area contributed by atoms with E-state index in [0.717, 1.165) is 36.1 Å². The summed E-state index contributed by atoms with van der Waals surface area (Å²) in [5.74, 6) is -0.886. The molecule has 0 amide bonds. The maximum atomic E-state index is 11.0. The van der Waals surface area contributed by atoms with Gasteiger partial charge in [-0.25, -0.2) is 4.79 Å². The lowest BCUT2D eigenvalue weighted by Gasteiger charge is -2.03. The van der Waals surface area contributed by atoms with Gasteiger partial charge in [-0.1, -0.05) is 25.5 Å². The zero-order valence-corrected chi connectivity index (χ0v) is 11.3. The topological polar surface area (TPSA) is 55.1 Å². The van der Waals surface area contributed by atoms with Gasteiger partial charge in [0.15, 0.2) is 0 Å². The highest BCUT2D eigenvalue weighted by molar-refractivity contribution is 5.90. The van der Waals surface area contributed by atoms with Crippen LogP contribution in [0, 0.1) is 6.92 Å². The molecule has 1 N–H and O–H groups in total. The molecule has 0 fully saturated rings. The quantitative estimate of drug-likeness (QED) is 0.894. The predicted molar refractivity (Wildman–Crippen MR) is 74.3 cm³/mol. The van der Waals surface area contributed by atoms with E-state index in [1.165, 1.54) is 0 Å². The Labute approximate surface area is 112 Å². The molecule has 1 heterocycles. The van der Waals surface area contributed by atoms with Gasteiger partial charge in [-0.15, -0.1) is 0 Å². The van der Waals surface area contributed by atoms with E-state index in [2.05, 4.69) is 12.0 Å². The Balaban J connectivity index is 2.24. The molecule has 0 unspecified atom stereocenters. The van der Waals surface area contributed by atoms with Gasteiger partial charge in [0.1, 0.15) is 0 Å². The van der Waals surface area contributed by atoms with Crippen LogP contribution in [0.2, 0.25) is 0 Å². The lowest BCUT2D eigenvalue weighted by atomic mass is 10.0. The van der Waals surface area contributed by atoms with Gasteiger partial charge in [-0.3, -0.25) is 4.68 Å². The number of hydrogen-bond donors (Lipinski definition) is 1. The summed E-state index contributed by atoms with van der Waals surface area (Å²) in [6.45, 7) is 4.88. The average molecular weight is 258 g/mol. The van der Waals surface area contributed by atoms with Crippen molar-refractivity contribution >= 4 is 5.97 Å². The maximum absolute atomic E-state index is 11.0. The minimum absolute atomic E-state index is 0.349. The molecule has 2 aromatic rings. The average Bonchev–Trinajstić information content (AvgIpc) is 2.84. The summed E-state index contributed by atoms with van der Waals surface area (Å²) in [5.41, 5.74) is 3.15. The molecule has 0 atom stereocenters. The number of unbranched alkanes of at least 4 members (excludes halogenated alkanes) is 1. The van der Waals surface area contributed by atoms with Gasteiger partial charge in [0.25, 0.3) is 0 Å². The van der Waals surface area contributed by atoms with Crippen molar-refractivity contribution in [3.05, 3.63) is 41.7 Å². The first-order valence-corrected chi connectivity index (χ1v) is 6.48. The molecule has 0 aliphatic rings. The van der Waals surface area contributed by atoms with Gasteiger partial charge >= 0.3 is 5.97 Å². The van der Waals surface area contributed by atoms with Crippen LogP contribution < -0.4 is 0 Å². The summed E-state index contributed by atoms with van der Waals surface area (Å²) in [4.78, 5) is 11.0. The van der Waals surface area contributed by atoms with Crippen LogP contribution in [0.15, 0.2) is 30.6 Å². The first-order chi connectivity index (χ1) is 9.11. The Morgan fingerprint density at radius 1 is 1.37 bits per heavy atom. The van der Waals surface area contributed by atoms with Crippen LogP contribution in [0.3, 0.4) is 0 Å². The zero-order valence-electron chi connectivity index (χ0n) is 11.3. The van der Waals surface area contributed by atoms with Crippen LogP contribution in [0.25, 0.3) is 11.1 Å². The van der Waals surface area contributed by atoms with Gasteiger partial charge in [0.05, 0.1) is 11.8 Å². The molecule has 1 aromatic carbocycles. The first kappa shape index (κ1) is 13.3. The Kier molecular flexibility index (Phi) is 4.00. The molecule has 100 valence electrons. The summed E-state index contributed by atoms with van der Waals surface area (Å²) >= 11 is 0. The first-order valence-electron chi connectivity index (χ1n) is 6.48. The van der Waals surface area contributed by atoms with Crippen molar-refractivity contribution in [3.63, 3.8) is 0 Å². The smallest absolute Gasteiger partial charge is 0.335 e. The highest BCUT2D eigenvalue weighted by Crippen LogP contribution is 2.22. The Morgan fingerprint density at radius 2 is 2.16 bits per heavy atom. The number of aromatic nitrogens is 2. The fourth-order valence-corrected chi connectivity index (χ4v) is 2.04. The number of aryl methyl sites for hydroxylation is 2. The predicted octanol–water partition coefficient (Wildman–Crippen LogP) is 3.36. The van der Waals surface area contributed by atoms with E-state index in [9.17, 15) is 4.79 Å². The van der Waals surface area contributed by atoms with Crippen molar-refractivity contribution < 1.29 is 9.90 Å². The van der Waals surface area contributed by atoms with E-state index < -0.39 is 5.97 Å². The Hall–Kier alpha value is -2.10. The normalized spacial score (nSPS) is 10.6. The lowest BCUT2D eigenvalue weighted by Crippen LogP contribution is -1.99. The second kappa shape index (κ2) is 5.69. The van der Waals surface area contributed by atoms with Crippen molar-refractivity contribution in [1.29, 1.82) is 0 Å². The van der Waals surface area contributed by atoms with Gasteiger partial charge in [0, 0.05) is 18.3 Å². The number of hydrogen-bond acceptors (Lipinski definition) is 2. The second-order valence-electron chi connectivity index (χ2n) is 4.68. The second-order valence-corrected chi connectivity index (χ2v) is 4.68. The number of aromatic carboxylic acids is 1. The van der Waals surface area contributed by atoms with Crippen LogP contribution in [0.4, 0.5) is 0 Å². The SMILES string of the molecule is CCCCn1cc(-c2ccc(C(=O)O)c(C)c2)cn1. The van der Waals surface area contributed by atoms with Crippen LogP contribution >= 0.6 is 0 Å². The largest absolute Gasteiger partial charge is 0.478 e. The fourth-order valence-electron chi connectivity index (χ4n) is 2.04.